The van der Waals surface area contributed by atoms with E-state index in [9.17, 15) is 9.59 Å². The first-order valence-electron chi connectivity index (χ1n) is 10.6. The van der Waals surface area contributed by atoms with Crippen LogP contribution in [0, 0.1) is 0 Å². The molecule has 2 N–H and O–H groups in total. The molecular weight excluding hydrogens is 384 g/mol. The zero-order valence-electron chi connectivity index (χ0n) is 16.7. The number of nitrogens with one attached hydrogen (secondary N) is 2. The van der Waals surface area contributed by atoms with Gasteiger partial charge >= 0.3 is 6.03 Å². The van der Waals surface area contributed by atoms with Gasteiger partial charge in [0.1, 0.15) is 0 Å². The van der Waals surface area contributed by atoms with Crippen LogP contribution in [0.4, 0.5) is 15.6 Å². The van der Waals surface area contributed by atoms with E-state index in [1.807, 2.05) is 28.5 Å². The summed E-state index contributed by atoms with van der Waals surface area (Å²) in [6, 6.07) is 8.24. The van der Waals surface area contributed by atoms with Crippen LogP contribution in [0.3, 0.4) is 0 Å². The van der Waals surface area contributed by atoms with Gasteiger partial charge in [0.15, 0.2) is 5.13 Å². The fourth-order valence-electron chi connectivity index (χ4n) is 4.21. The van der Waals surface area contributed by atoms with Crippen molar-refractivity contribution < 1.29 is 9.59 Å². The highest BCUT2D eigenvalue weighted by molar-refractivity contribution is 7.13. The molecule has 0 spiro atoms. The maximum Gasteiger partial charge on any atom is 0.321 e. The lowest BCUT2D eigenvalue weighted by molar-refractivity contribution is -0.118. The summed E-state index contributed by atoms with van der Waals surface area (Å²) in [6.45, 7) is 0.779. The van der Waals surface area contributed by atoms with Crippen molar-refractivity contribution in [2.45, 2.75) is 63.8 Å². The number of carbonyl (C=O) groups excluding carboxylic acids is 2. The highest BCUT2D eigenvalue weighted by atomic mass is 32.1. The second-order valence-corrected chi connectivity index (χ2v) is 8.71. The number of thiazole rings is 1. The molecule has 1 aliphatic carbocycles. The quantitative estimate of drug-likeness (QED) is 0.759. The van der Waals surface area contributed by atoms with E-state index in [4.69, 9.17) is 0 Å². The molecule has 0 atom stereocenters. The van der Waals surface area contributed by atoms with E-state index < -0.39 is 0 Å². The maximum absolute atomic E-state index is 12.8. The highest BCUT2D eigenvalue weighted by Crippen LogP contribution is 2.27. The van der Waals surface area contributed by atoms with Crippen LogP contribution in [-0.4, -0.2) is 29.5 Å². The summed E-state index contributed by atoms with van der Waals surface area (Å²) in [5, 5.41) is 8.38. The topological polar surface area (TPSA) is 74.3 Å². The van der Waals surface area contributed by atoms with Crippen LogP contribution in [0.15, 0.2) is 29.6 Å². The molecule has 2 aromatic rings. The van der Waals surface area contributed by atoms with E-state index in [0.29, 0.717) is 18.0 Å². The fraction of sp³-hybridized carbons (Fsp3) is 0.500. The Labute approximate surface area is 175 Å². The Morgan fingerprint density at radius 3 is 2.83 bits per heavy atom. The van der Waals surface area contributed by atoms with Crippen molar-refractivity contribution in [3.05, 3.63) is 40.9 Å². The lowest BCUT2D eigenvalue weighted by Crippen LogP contribution is -2.39. The molecule has 1 fully saturated rings. The molecule has 7 heteroatoms. The second-order valence-electron chi connectivity index (χ2n) is 7.86. The van der Waals surface area contributed by atoms with E-state index in [2.05, 4.69) is 21.7 Å². The largest absolute Gasteiger partial charge is 0.335 e. The molecule has 0 bridgehead atoms. The zero-order valence-corrected chi connectivity index (χ0v) is 17.5. The van der Waals surface area contributed by atoms with Gasteiger partial charge in [-0.3, -0.25) is 10.1 Å². The molecule has 0 unspecified atom stereocenters. The Kier molecular flexibility index (Phi) is 6.44. The molecule has 3 amide bonds. The smallest absolute Gasteiger partial charge is 0.321 e. The first kappa shape index (κ1) is 19.9. The monoisotopic (exact) mass is 412 g/mol. The molecule has 1 aliphatic heterocycles. The van der Waals surface area contributed by atoms with Gasteiger partial charge in [-0.15, -0.1) is 11.3 Å². The number of nitrogens with zero attached hydrogens (tertiary/aromatic N) is 2. The van der Waals surface area contributed by atoms with Gasteiger partial charge in [0.05, 0.1) is 5.69 Å². The fourth-order valence-corrected chi connectivity index (χ4v) is 4.95. The third kappa shape index (κ3) is 5.15. The van der Waals surface area contributed by atoms with Gasteiger partial charge in [-0.25, -0.2) is 9.78 Å². The van der Waals surface area contributed by atoms with Gasteiger partial charge in [-0.2, -0.15) is 0 Å². The van der Waals surface area contributed by atoms with Crippen molar-refractivity contribution in [3.63, 3.8) is 0 Å². The summed E-state index contributed by atoms with van der Waals surface area (Å²) in [5.41, 5.74) is 3.14. The molecule has 4 rings (SSSR count). The average Bonchev–Trinajstić information content (AvgIpc) is 3.19. The number of aromatic nitrogens is 1. The van der Waals surface area contributed by atoms with Crippen LogP contribution in [0.1, 0.15) is 56.2 Å². The first-order chi connectivity index (χ1) is 14.2. The summed E-state index contributed by atoms with van der Waals surface area (Å²) in [5.74, 6) is 0.134. The maximum atomic E-state index is 12.8. The lowest BCUT2D eigenvalue weighted by atomic mass is 9.96. The van der Waals surface area contributed by atoms with Crippen LogP contribution in [0.2, 0.25) is 0 Å². The molecule has 29 heavy (non-hydrogen) atoms. The number of para-hydroxylation sites is 1. The van der Waals surface area contributed by atoms with Crippen LogP contribution in [0.5, 0.6) is 0 Å². The molecule has 1 aromatic carbocycles. The zero-order chi connectivity index (χ0) is 20.1. The molecule has 1 saturated carbocycles. The summed E-state index contributed by atoms with van der Waals surface area (Å²) in [7, 11) is 0. The molecule has 1 aromatic heterocycles. The third-order valence-electron chi connectivity index (χ3n) is 5.72. The summed E-state index contributed by atoms with van der Waals surface area (Å²) in [4.78, 5) is 31.3. The van der Waals surface area contributed by atoms with Gasteiger partial charge in [0, 0.05) is 30.1 Å². The minimum Gasteiger partial charge on any atom is -0.335 e. The number of carbonyl (C=O) groups is 2. The second kappa shape index (κ2) is 9.39. The van der Waals surface area contributed by atoms with Gasteiger partial charge in [0.2, 0.25) is 5.91 Å². The van der Waals surface area contributed by atoms with Crippen molar-refractivity contribution in [1.82, 2.24) is 10.3 Å². The Morgan fingerprint density at radius 2 is 1.97 bits per heavy atom. The van der Waals surface area contributed by atoms with Crippen LogP contribution < -0.4 is 15.5 Å². The number of benzene rings is 1. The molecule has 6 nitrogen and oxygen atoms in total. The number of fused-ring (bicyclic) bond motifs is 1. The van der Waals surface area contributed by atoms with E-state index in [1.165, 1.54) is 36.2 Å². The molecule has 154 valence electrons. The van der Waals surface area contributed by atoms with Crippen LogP contribution >= 0.6 is 11.3 Å². The van der Waals surface area contributed by atoms with Crippen LogP contribution in [0.25, 0.3) is 0 Å². The Morgan fingerprint density at radius 1 is 1.14 bits per heavy atom. The normalized spacial score (nSPS) is 16.9. The first-order valence-corrected chi connectivity index (χ1v) is 11.5. The van der Waals surface area contributed by atoms with E-state index in [0.717, 1.165) is 43.6 Å². The summed E-state index contributed by atoms with van der Waals surface area (Å²) in [6.07, 6.45) is 8.77. The Bertz CT molecular complexity index is 860. The van der Waals surface area contributed by atoms with E-state index in [-0.39, 0.29) is 18.0 Å². The molecule has 0 radical (unpaired) electrons. The van der Waals surface area contributed by atoms with Crippen molar-refractivity contribution in [3.8, 4) is 0 Å². The minimum absolute atomic E-state index is 0.134. The lowest BCUT2D eigenvalue weighted by Gasteiger charge is -2.29. The van der Waals surface area contributed by atoms with E-state index >= 15 is 0 Å². The highest BCUT2D eigenvalue weighted by Gasteiger charge is 2.22. The molecular formula is C22H28N4O2S. The van der Waals surface area contributed by atoms with Gasteiger partial charge < -0.3 is 10.2 Å². The van der Waals surface area contributed by atoms with E-state index in [1.54, 1.807) is 0 Å². The van der Waals surface area contributed by atoms with Crippen LogP contribution in [-0.2, 0) is 17.6 Å². The van der Waals surface area contributed by atoms with Crippen molar-refractivity contribution >= 4 is 34.1 Å². The third-order valence-corrected chi connectivity index (χ3v) is 6.53. The molecule has 2 heterocycles. The van der Waals surface area contributed by atoms with Gasteiger partial charge in [0.25, 0.3) is 0 Å². The van der Waals surface area contributed by atoms with Crippen molar-refractivity contribution in [1.29, 1.82) is 0 Å². The SMILES string of the molecule is O=C(Nc1nc(CCC(=O)N2CCCc3ccccc32)cs1)NC1CCCCC1. The van der Waals surface area contributed by atoms with Gasteiger partial charge in [-0.05, 0) is 43.7 Å². The molecule has 0 saturated heterocycles. The standard InChI is InChI=1S/C22H28N4O2S/c27-20(26-14-6-8-16-7-4-5-11-19(16)26)13-12-18-15-29-22(24-18)25-21(28)23-17-9-2-1-3-10-17/h4-5,7,11,15,17H,1-3,6,8-10,12-14H2,(H2,23,24,25,28). The van der Waals surface area contributed by atoms with Gasteiger partial charge in [-0.1, -0.05) is 37.5 Å². The number of anilines is 2. The Balaban J connectivity index is 1.27. The number of hydrogen-bond acceptors (Lipinski definition) is 4. The minimum atomic E-state index is -0.182. The summed E-state index contributed by atoms with van der Waals surface area (Å²) >= 11 is 1.41. The number of hydrogen-bond donors (Lipinski definition) is 2. The number of aryl methyl sites for hydroxylation is 2. The molecule has 2 aliphatic rings. The average molecular weight is 413 g/mol. The van der Waals surface area contributed by atoms with Crippen molar-refractivity contribution in [2.75, 3.05) is 16.8 Å². The summed E-state index contributed by atoms with van der Waals surface area (Å²) < 4.78 is 0. The predicted octanol–water partition coefficient (Wildman–Crippen LogP) is 4.51. The Hall–Kier alpha value is -2.41. The number of rotatable bonds is 5. The predicted molar refractivity (Wildman–Crippen MR) is 117 cm³/mol. The number of amides is 3. The number of urea groups is 1. The van der Waals surface area contributed by atoms with Crippen molar-refractivity contribution in [2.24, 2.45) is 0 Å².